The fourth-order valence-corrected chi connectivity index (χ4v) is 2.50. The molecule has 1 rings (SSSR count). The summed E-state index contributed by atoms with van der Waals surface area (Å²) in [5.74, 6) is -1.06. The van der Waals surface area contributed by atoms with Crippen LogP contribution < -0.4 is 0 Å². The third-order valence-corrected chi connectivity index (χ3v) is 3.60. The fourth-order valence-electron chi connectivity index (χ4n) is 2.50. The molecule has 7 heteroatoms. The number of nitro benzene ring substituents is 1. The first-order valence-corrected chi connectivity index (χ1v) is 6.75. The average Bonchev–Trinajstić information content (AvgIpc) is 2.46. The number of aldehydes is 1. The first-order valence-electron chi connectivity index (χ1n) is 6.75. The van der Waals surface area contributed by atoms with E-state index in [2.05, 4.69) is 0 Å². The Morgan fingerprint density at radius 3 is 2.14 bits per heavy atom. The minimum Gasteiger partial charge on any atom is -0.303 e. The van der Waals surface area contributed by atoms with Crippen molar-refractivity contribution in [1.29, 1.82) is 0 Å². The summed E-state index contributed by atoms with van der Waals surface area (Å²) < 4.78 is 0. The lowest BCUT2D eigenvalue weighted by Gasteiger charge is -2.24. The van der Waals surface area contributed by atoms with Gasteiger partial charge in [0.2, 0.25) is 6.04 Å². The summed E-state index contributed by atoms with van der Waals surface area (Å²) in [4.78, 5) is 32.1. The van der Waals surface area contributed by atoms with Gasteiger partial charge in [-0.05, 0) is 12.0 Å². The minimum atomic E-state index is -0.937. The highest BCUT2D eigenvalue weighted by molar-refractivity contribution is 5.56. The van der Waals surface area contributed by atoms with Crippen molar-refractivity contribution in [3.63, 3.8) is 0 Å². The van der Waals surface area contributed by atoms with E-state index in [1.54, 1.807) is 0 Å². The number of hydrogen-bond donors (Lipinski definition) is 0. The van der Waals surface area contributed by atoms with Gasteiger partial charge in [-0.15, -0.1) is 0 Å². The summed E-state index contributed by atoms with van der Waals surface area (Å²) in [7, 11) is 0. The van der Waals surface area contributed by atoms with Crippen LogP contribution in [0.5, 0.6) is 0 Å². The number of rotatable bonds is 8. The summed E-state index contributed by atoms with van der Waals surface area (Å²) in [5, 5.41) is 21.8. The molecule has 0 aliphatic heterocycles. The van der Waals surface area contributed by atoms with Gasteiger partial charge >= 0.3 is 0 Å². The van der Waals surface area contributed by atoms with E-state index in [4.69, 9.17) is 0 Å². The van der Waals surface area contributed by atoms with Crippen LogP contribution in [-0.2, 0) is 4.79 Å². The number of nitrogens with zero attached hydrogens (tertiary/aromatic N) is 2. The maximum Gasteiger partial charge on any atom is 0.269 e. The lowest BCUT2D eigenvalue weighted by atomic mass is 9.80. The second kappa shape index (κ2) is 7.47. The molecule has 0 saturated carbocycles. The topological polar surface area (TPSA) is 103 Å². The highest BCUT2D eigenvalue weighted by atomic mass is 16.6. The Kier molecular flexibility index (Phi) is 5.95. The number of carbonyl (C=O) groups is 1. The van der Waals surface area contributed by atoms with Crippen LogP contribution in [0.2, 0.25) is 0 Å². The molecule has 0 aliphatic rings. The standard InChI is InChI=1S/C14H18N2O5/c1-3-4-12(9-17)14(10(2)15(18)19)11-5-7-13(8-6-11)16(20)21/h5-10,12,14H,3-4H2,1-2H3/t10-,12+,14-/m1/s1. The van der Waals surface area contributed by atoms with Gasteiger partial charge in [-0.25, -0.2) is 0 Å². The van der Waals surface area contributed by atoms with Gasteiger partial charge in [-0.2, -0.15) is 0 Å². The van der Waals surface area contributed by atoms with E-state index in [9.17, 15) is 25.0 Å². The second-order valence-corrected chi connectivity index (χ2v) is 4.99. The lowest BCUT2D eigenvalue weighted by molar-refractivity contribution is -0.523. The molecule has 0 aliphatic carbocycles. The first kappa shape index (κ1) is 16.7. The molecular formula is C14H18N2O5. The fraction of sp³-hybridized carbons (Fsp3) is 0.500. The molecule has 0 fully saturated rings. The van der Waals surface area contributed by atoms with E-state index >= 15 is 0 Å². The summed E-state index contributed by atoms with van der Waals surface area (Å²) in [6.07, 6.45) is 2.02. The Morgan fingerprint density at radius 2 is 1.76 bits per heavy atom. The van der Waals surface area contributed by atoms with Gasteiger partial charge in [-0.1, -0.05) is 25.5 Å². The molecule has 0 unspecified atom stereocenters. The molecule has 0 amide bonds. The quantitative estimate of drug-likeness (QED) is 0.416. The van der Waals surface area contributed by atoms with Crippen molar-refractivity contribution in [3.05, 3.63) is 50.1 Å². The number of carbonyl (C=O) groups excluding carboxylic acids is 1. The number of hydrogen-bond acceptors (Lipinski definition) is 5. The third-order valence-electron chi connectivity index (χ3n) is 3.60. The van der Waals surface area contributed by atoms with Gasteiger partial charge in [0.1, 0.15) is 6.29 Å². The predicted octanol–water partition coefficient (Wildman–Crippen LogP) is 2.96. The highest BCUT2D eigenvalue weighted by Gasteiger charge is 2.34. The van der Waals surface area contributed by atoms with Crippen molar-refractivity contribution < 1.29 is 14.6 Å². The van der Waals surface area contributed by atoms with E-state index in [0.29, 0.717) is 12.0 Å². The van der Waals surface area contributed by atoms with Gasteiger partial charge < -0.3 is 4.79 Å². The molecule has 0 N–H and O–H groups in total. The molecule has 7 nitrogen and oxygen atoms in total. The third kappa shape index (κ3) is 4.08. The van der Waals surface area contributed by atoms with Crippen molar-refractivity contribution in [2.75, 3.05) is 0 Å². The van der Waals surface area contributed by atoms with Crippen LogP contribution in [0.25, 0.3) is 0 Å². The van der Waals surface area contributed by atoms with E-state index < -0.39 is 27.7 Å². The predicted molar refractivity (Wildman–Crippen MR) is 76.8 cm³/mol. The molecule has 21 heavy (non-hydrogen) atoms. The van der Waals surface area contributed by atoms with Gasteiger partial charge in [0.15, 0.2) is 0 Å². The Morgan fingerprint density at radius 1 is 1.19 bits per heavy atom. The Balaban J connectivity index is 3.19. The van der Waals surface area contributed by atoms with Gasteiger partial charge in [0, 0.05) is 29.9 Å². The normalized spacial score (nSPS) is 15.0. The molecule has 0 radical (unpaired) electrons. The molecule has 0 aromatic heterocycles. The van der Waals surface area contributed by atoms with Crippen LogP contribution >= 0.6 is 0 Å². The summed E-state index contributed by atoms with van der Waals surface area (Å²) in [5.41, 5.74) is 0.500. The van der Waals surface area contributed by atoms with Gasteiger partial charge in [-0.3, -0.25) is 20.2 Å². The number of nitro groups is 2. The van der Waals surface area contributed by atoms with Crippen molar-refractivity contribution in [2.24, 2.45) is 5.92 Å². The van der Waals surface area contributed by atoms with Crippen LogP contribution in [0, 0.1) is 26.1 Å². The Labute approximate surface area is 122 Å². The summed E-state index contributed by atoms with van der Waals surface area (Å²) in [6.45, 7) is 3.36. The molecule has 1 aromatic carbocycles. The minimum absolute atomic E-state index is 0.0793. The Hall–Kier alpha value is -2.31. The molecule has 114 valence electrons. The monoisotopic (exact) mass is 294 g/mol. The Bertz CT molecular complexity index is 515. The van der Waals surface area contributed by atoms with Crippen molar-refractivity contribution in [3.8, 4) is 0 Å². The van der Waals surface area contributed by atoms with E-state index in [0.717, 1.165) is 12.7 Å². The molecule has 0 spiro atoms. The zero-order chi connectivity index (χ0) is 16.0. The molecule has 3 atom stereocenters. The molecule has 0 heterocycles. The largest absolute Gasteiger partial charge is 0.303 e. The molecule has 0 bridgehead atoms. The molecule has 1 aromatic rings. The van der Waals surface area contributed by atoms with E-state index in [1.165, 1.54) is 31.2 Å². The smallest absolute Gasteiger partial charge is 0.269 e. The van der Waals surface area contributed by atoms with Gasteiger partial charge in [0.25, 0.3) is 5.69 Å². The van der Waals surface area contributed by atoms with Crippen molar-refractivity contribution in [1.82, 2.24) is 0 Å². The van der Waals surface area contributed by atoms with Gasteiger partial charge in [0.05, 0.1) is 10.8 Å². The van der Waals surface area contributed by atoms with Crippen LogP contribution in [0.4, 0.5) is 5.69 Å². The zero-order valence-electron chi connectivity index (χ0n) is 12.0. The second-order valence-electron chi connectivity index (χ2n) is 4.99. The molecular weight excluding hydrogens is 276 g/mol. The number of non-ortho nitro benzene ring substituents is 1. The summed E-state index contributed by atoms with van der Waals surface area (Å²) >= 11 is 0. The molecule has 0 saturated heterocycles. The van der Waals surface area contributed by atoms with Crippen molar-refractivity contribution in [2.45, 2.75) is 38.6 Å². The van der Waals surface area contributed by atoms with E-state index in [1.807, 2.05) is 6.92 Å². The zero-order valence-corrected chi connectivity index (χ0v) is 12.0. The first-order chi connectivity index (χ1) is 9.92. The summed E-state index contributed by atoms with van der Waals surface area (Å²) in [6, 6.07) is 4.67. The SMILES string of the molecule is CCC[C@@H](C=O)[C@@H](c1ccc([N+](=O)[O-])cc1)[C@@H](C)[N+](=O)[O-]. The lowest BCUT2D eigenvalue weighted by Crippen LogP contribution is -2.31. The maximum absolute atomic E-state index is 11.3. The maximum atomic E-state index is 11.3. The van der Waals surface area contributed by atoms with Crippen LogP contribution in [0.15, 0.2) is 24.3 Å². The van der Waals surface area contributed by atoms with Crippen LogP contribution in [0.3, 0.4) is 0 Å². The highest BCUT2D eigenvalue weighted by Crippen LogP contribution is 2.32. The van der Waals surface area contributed by atoms with E-state index in [-0.39, 0.29) is 5.69 Å². The van der Waals surface area contributed by atoms with Crippen LogP contribution in [0.1, 0.15) is 38.2 Å². The number of benzene rings is 1. The van der Waals surface area contributed by atoms with Crippen LogP contribution in [-0.4, -0.2) is 22.2 Å². The average molecular weight is 294 g/mol. The van der Waals surface area contributed by atoms with Crippen molar-refractivity contribution >= 4 is 12.0 Å².